The summed E-state index contributed by atoms with van der Waals surface area (Å²) in [5.41, 5.74) is 0.636. The molecule has 1 fully saturated rings. The molecule has 2 aromatic carbocycles. The average molecular weight is 434 g/mol. The Morgan fingerprint density at radius 3 is 2.50 bits per heavy atom. The van der Waals surface area contributed by atoms with Gasteiger partial charge in [-0.2, -0.15) is 0 Å². The number of likely N-dealkylation sites (tertiary alicyclic amines) is 1. The molecule has 1 amide bonds. The third-order valence-electron chi connectivity index (χ3n) is 5.62. The van der Waals surface area contributed by atoms with E-state index in [-0.39, 0.29) is 10.8 Å². The van der Waals surface area contributed by atoms with Gasteiger partial charge in [0, 0.05) is 19.2 Å². The van der Waals surface area contributed by atoms with Crippen LogP contribution in [0.4, 0.5) is 10.1 Å². The van der Waals surface area contributed by atoms with E-state index in [2.05, 4.69) is 17.3 Å². The van der Waals surface area contributed by atoms with E-state index in [0.717, 1.165) is 36.7 Å². The van der Waals surface area contributed by atoms with Gasteiger partial charge in [0.15, 0.2) is 0 Å². The SMILES string of the molecule is CN1CCC(CCNC(=O)c2cccc(S(=O)(=O)N(C)c3ccc(F)cc3)c2)CC1. The molecular formula is C22H28FN3O3S. The zero-order chi connectivity index (χ0) is 21.7. The Hall–Kier alpha value is -2.45. The van der Waals surface area contributed by atoms with E-state index in [1.54, 1.807) is 12.1 Å². The molecule has 0 aromatic heterocycles. The van der Waals surface area contributed by atoms with Crippen molar-refractivity contribution in [3.63, 3.8) is 0 Å². The molecule has 1 aliphatic heterocycles. The first-order valence-electron chi connectivity index (χ1n) is 10.1. The van der Waals surface area contributed by atoms with Gasteiger partial charge in [0.2, 0.25) is 0 Å². The molecule has 3 rings (SSSR count). The van der Waals surface area contributed by atoms with E-state index in [1.807, 2.05) is 0 Å². The Bertz CT molecular complexity index is 971. The lowest BCUT2D eigenvalue weighted by atomic mass is 9.94. The van der Waals surface area contributed by atoms with Crippen molar-refractivity contribution in [3.8, 4) is 0 Å². The molecule has 0 unspecified atom stereocenters. The molecule has 1 heterocycles. The molecule has 30 heavy (non-hydrogen) atoms. The summed E-state index contributed by atoms with van der Waals surface area (Å²) in [6, 6.07) is 11.2. The molecule has 0 radical (unpaired) electrons. The molecule has 1 saturated heterocycles. The first kappa shape index (κ1) is 22.2. The van der Waals surface area contributed by atoms with Gasteiger partial charge in [0.1, 0.15) is 5.82 Å². The topological polar surface area (TPSA) is 69.7 Å². The third kappa shape index (κ3) is 5.37. The number of hydrogen-bond acceptors (Lipinski definition) is 4. The van der Waals surface area contributed by atoms with Gasteiger partial charge in [-0.25, -0.2) is 12.8 Å². The highest BCUT2D eigenvalue weighted by Crippen LogP contribution is 2.23. The Morgan fingerprint density at radius 1 is 1.17 bits per heavy atom. The Kier molecular flexibility index (Phi) is 7.10. The van der Waals surface area contributed by atoms with Crippen LogP contribution in [0.3, 0.4) is 0 Å². The van der Waals surface area contributed by atoms with Gasteiger partial charge < -0.3 is 10.2 Å². The molecule has 8 heteroatoms. The maximum Gasteiger partial charge on any atom is 0.264 e. The molecule has 2 aromatic rings. The van der Waals surface area contributed by atoms with Crippen LogP contribution in [0.5, 0.6) is 0 Å². The molecular weight excluding hydrogens is 405 g/mol. The van der Waals surface area contributed by atoms with Crippen molar-refractivity contribution in [2.45, 2.75) is 24.2 Å². The monoisotopic (exact) mass is 433 g/mol. The van der Waals surface area contributed by atoms with E-state index in [0.29, 0.717) is 23.7 Å². The Morgan fingerprint density at radius 2 is 1.83 bits per heavy atom. The number of carbonyl (C=O) groups is 1. The number of halogens is 1. The van der Waals surface area contributed by atoms with Crippen molar-refractivity contribution < 1.29 is 17.6 Å². The van der Waals surface area contributed by atoms with E-state index >= 15 is 0 Å². The predicted molar refractivity (Wildman–Crippen MR) is 116 cm³/mol. The zero-order valence-corrected chi connectivity index (χ0v) is 18.2. The Balaban J connectivity index is 1.64. The maximum atomic E-state index is 13.1. The van der Waals surface area contributed by atoms with Crippen LogP contribution in [0.15, 0.2) is 53.4 Å². The van der Waals surface area contributed by atoms with E-state index < -0.39 is 15.8 Å². The van der Waals surface area contributed by atoms with Crippen LogP contribution in [0.2, 0.25) is 0 Å². The minimum absolute atomic E-state index is 0.0114. The third-order valence-corrected chi connectivity index (χ3v) is 7.40. The lowest BCUT2D eigenvalue weighted by Crippen LogP contribution is -2.32. The fourth-order valence-corrected chi connectivity index (χ4v) is 4.83. The number of rotatable bonds is 7. The van der Waals surface area contributed by atoms with E-state index in [1.165, 1.54) is 43.4 Å². The van der Waals surface area contributed by atoms with Crippen LogP contribution in [0.25, 0.3) is 0 Å². The van der Waals surface area contributed by atoms with Crippen molar-refractivity contribution in [1.29, 1.82) is 0 Å². The molecule has 0 aliphatic carbocycles. The van der Waals surface area contributed by atoms with Crippen LogP contribution in [0, 0.1) is 11.7 Å². The molecule has 6 nitrogen and oxygen atoms in total. The van der Waals surface area contributed by atoms with Gasteiger partial charge in [0.25, 0.3) is 15.9 Å². The summed E-state index contributed by atoms with van der Waals surface area (Å²) in [4.78, 5) is 14.8. The van der Waals surface area contributed by atoms with Crippen LogP contribution >= 0.6 is 0 Å². The number of anilines is 1. The number of hydrogen-bond donors (Lipinski definition) is 1. The smallest absolute Gasteiger partial charge is 0.264 e. The summed E-state index contributed by atoms with van der Waals surface area (Å²) in [6.45, 7) is 2.74. The van der Waals surface area contributed by atoms with Crippen LogP contribution in [0.1, 0.15) is 29.6 Å². The molecule has 0 bridgehead atoms. The maximum absolute atomic E-state index is 13.1. The molecule has 0 saturated carbocycles. The second kappa shape index (κ2) is 9.57. The van der Waals surface area contributed by atoms with Gasteiger partial charge in [-0.15, -0.1) is 0 Å². The van der Waals surface area contributed by atoms with Gasteiger partial charge in [-0.3, -0.25) is 9.10 Å². The second-order valence-corrected chi connectivity index (χ2v) is 9.74. The van der Waals surface area contributed by atoms with E-state index in [4.69, 9.17) is 0 Å². The van der Waals surface area contributed by atoms with Gasteiger partial charge in [-0.1, -0.05) is 6.07 Å². The van der Waals surface area contributed by atoms with Gasteiger partial charge in [-0.05, 0) is 87.8 Å². The van der Waals surface area contributed by atoms with E-state index in [9.17, 15) is 17.6 Å². The summed E-state index contributed by atoms with van der Waals surface area (Å²) in [7, 11) is -0.360. The van der Waals surface area contributed by atoms with Crippen molar-refractivity contribution in [2.75, 3.05) is 38.0 Å². The summed E-state index contributed by atoms with van der Waals surface area (Å²) in [5.74, 6) is -0.120. The molecule has 1 N–H and O–H groups in total. The summed E-state index contributed by atoms with van der Waals surface area (Å²) in [6.07, 6.45) is 3.19. The van der Waals surface area contributed by atoms with Crippen molar-refractivity contribution in [2.24, 2.45) is 5.92 Å². The Labute approximate surface area is 177 Å². The number of nitrogens with one attached hydrogen (secondary N) is 1. The highest BCUT2D eigenvalue weighted by Gasteiger charge is 2.23. The summed E-state index contributed by atoms with van der Waals surface area (Å²) in [5, 5.41) is 2.90. The average Bonchev–Trinajstić information content (AvgIpc) is 2.75. The minimum Gasteiger partial charge on any atom is -0.352 e. The van der Waals surface area contributed by atoms with Gasteiger partial charge >= 0.3 is 0 Å². The van der Waals surface area contributed by atoms with Crippen LogP contribution in [-0.2, 0) is 10.0 Å². The number of piperidine rings is 1. The van der Waals surface area contributed by atoms with Crippen molar-refractivity contribution >= 4 is 21.6 Å². The second-order valence-electron chi connectivity index (χ2n) is 7.77. The predicted octanol–water partition coefficient (Wildman–Crippen LogP) is 3.11. The normalized spacial score (nSPS) is 15.7. The largest absolute Gasteiger partial charge is 0.352 e. The lowest BCUT2D eigenvalue weighted by Gasteiger charge is -2.28. The quantitative estimate of drug-likeness (QED) is 0.729. The molecule has 0 atom stereocenters. The number of benzene rings is 2. The summed E-state index contributed by atoms with van der Waals surface area (Å²) < 4.78 is 40.1. The molecule has 162 valence electrons. The highest BCUT2D eigenvalue weighted by molar-refractivity contribution is 7.92. The number of sulfonamides is 1. The lowest BCUT2D eigenvalue weighted by molar-refractivity contribution is 0.0948. The number of amides is 1. The molecule has 1 aliphatic rings. The first-order valence-corrected chi connectivity index (χ1v) is 11.5. The standard InChI is InChI=1S/C22H28FN3O3S/c1-25-14-11-17(12-15-25)10-13-24-22(27)18-4-3-5-21(16-18)30(28,29)26(2)20-8-6-19(23)7-9-20/h3-9,16-17H,10-15H2,1-2H3,(H,24,27). The van der Waals surface area contributed by atoms with Crippen molar-refractivity contribution in [3.05, 3.63) is 59.9 Å². The first-order chi connectivity index (χ1) is 14.3. The number of nitrogens with zero attached hydrogens (tertiary/aromatic N) is 2. The van der Waals surface area contributed by atoms with Gasteiger partial charge in [0.05, 0.1) is 10.6 Å². The molecule has 0 spiro atoms. The van der Waals surface area contributed by atoms with Crippen LogP contribution < -0.4 is 9.62 Å². The van der Waals surface area contributed by atoms with Crippen LogP contribution in [-0.4, -0.2) is 53.0 Å². The summed E-state index contributed by atoms with van der Waals surface area (Å²) >= 11 is 0. The fourth-order valence-electron chi connectivity index (χ4n) is 3.59. The zero-order valence-electron chi connectivity index (χ0n) is 17.3. The minimum atomic E-state index is -3.88. The highest BCUT2D eigenvalue weighted by atomic mass is 32.2. The fraction of sp³-hybridized carbons (Fsp3) is 0.409. The van der Waals surface area contributed by atoms with Crippen molar-refractivity contribution in [1.82, 2.24) is 10.2 Å². The number of carbonyl (C=O) groups excluding carboxylic acids is 1.